The fraction of sp³-hybridized carbons (Fsp3) is 0.467. The predicted octanol–water partition coefficient (Wildman–Crippen LogP) is 2.33. The summed E-state index contributed by atoms with van der Waals surface area (Å²) in [4.78, 5) is 16.8. The molecule has 0 aromatic carbocycles. The number of carbonyl (C=O) groups is 1. The van der Waals surface area contributed by atoms with Crippen LogP contribution in [0.15, 0.2) is 30.6 Å². The molecule has 3 heterocycles. The van der Waals surface area contributed by atoms with Crippen LogP contribution in [0.4, 0.5) is 0 Å². The van der Waals surface area contributed by atoms with Crippen molar-refractivity contribution in [2.75, 3.05) is 13.1 Å². The molecular weight excluding hydrogens is 286 g/mol. The van der Waals surface area contributed by atoms with Crippen LogP contribution in [-0.4, -0.2) is 38.8 Å². The highest BCUT2D eigenvalue weighted by Crippen LogP contribution is 2.31. The molecule has 5 nitrogen and oxygen atoms in total. The largest absolute Gasteiger partial charge is 0.479 e. The number of thiophene rings is 1. The summed E-state index contributed by atoms with van der Waals surface area (Å²) in [5.74, 6) is -0.780. The summed E-state index contributed by atoms with van der Waals surface area (Å²) < 4.78 is 1.61. The number of aryl methyl sites for hydroxylation is 1. The van der Waals surface area contributed by atoms with Crippen LogP contribution in [0.3, 0.4) is 0 Å². The van der Waals surface area contributed by atoms with Gasteiger partial charge in [-0.2, -0.15) is 5.10 Å². The van der Waals surface area contributed by atoms with Gasteiger partial charge in [0.1, 0.15) is 0 Å². The van der Waals surface area contributed by atoms with E-state index in [1.54, 1.807) is 23.1 Å². The lowest BCUT2D eigenvalue weighted by molar-refractivity contribution is -0.151. The number of hydrogen-bond donors (Lipinski definition) is 1. The Morgan fingerprint density at radius 3 is 2.71 bits per heavy atom. The fourth-order valence-corrected chi connectivity index (χ4v) is 3.87. The molecule has 1 saturated heterocycles. The van der Waals surface area contributed by atoms with Gasteiger partial charge in [0.25, 0.3) is 0 Å². The number of carboxylic acids is 1. The second-order valence-electron chi connectivity index (χ2n) is 5.58. The van der Waals surface area contributed by atoms with E-state index in [2.05, 4.69) is 29.1 Å². The van der Waals surface area contributed by atoms with Gasteiger partial charge in [-0.15, -0.1) is 11.3 Å². The zero-order chi connectivity index (χ0) is 14.9. The van der Waals surface area contributed by atoms with E-state index in [1.807, 2.05) is 11.3 Å². The molecule has 112 valence electrons. The van der Waals surface area contributed by atoms with Crippen LogP contribution in [0.2, 0.25) is 0 Å². The molecule has 3 rings (SSSR count). The van der Waals surface area contributed by atoms with Crippen molar-refractivity contribution in [3.63, 3.8) is 0 Å². The standard InChI is InChI=1S/C15H19N3O2S/c1-12-3-4-13(21-12)11-17-9-5-15(6-10-17,14(19)20)18-8-2-7-16-18/h2-4,7-8H,5-6,9-11H2,1H3,(H,19,20). The van der Waals surface area contributed by atoms with Gasteiger partial charge >= 0.3 is 5.97 Å². The van der Waals surface area contributed by atoms with Gasteiger partial charge in [-0.05, 0) is 38.0 Å². The van der Waals surface area contributed by atoms with Gasteiger partial charge in [0.15, 0.2) is 5.54 Å². The van der Waals surface area contributed by atoms with Crippen molar-refractivity contribution in [3.8, 4) is 0 Å². The van der Waals surface area contributed by atoms with Gasteiger partial charge in [-0.25, -0.2) is 4.79 Å². The minimum atomic E-state index is -0.884. The third kappa shape index (κ3) is 2.73. The zero-order valence-electron chi connectivity index (χ0n) is 12.0. The van der Waals surface area contributed by atoms with E-state index in [4.69, 9.17) is 0 Å². The lowest BCUT2D eigenvalue weighted by atomic mass is 9.87. The van der Waals surface area contributed by atoms with E-state index in [1.165, 1.54) is 9.75 Å². The molecule has 0 atom stereocenters. The number of carboxylic acid groups (broad SMARTS) is 1. The quantitative estimate of drug-likeness (QED) is 0.942. The maximum atomic E-state index is 11.8. The molecule has 0 radical (unpaired) electrons. The van der Waals surface area contributed by atoms with Crippen molar-refractivity contribution >= 4 is 17.3 Å². The molecule has 0 amide bonds. The van der Waals surface area contributed by atoms with Gasteiger partial charge in [0, 0.05) is 41.8 Å². The molecular formula is C15H19N3O2S. The van der Waals surface area contributed by atoms with Crippen molar-refractivity contribution in [1.29, 1.82) is 0 Å². The van der Waals surface area contributed by atoms with Crippen molar-refractivity contribution in [3.05, 3.63) is 40.3 Å². The molecule has 2 aromatic heterocycles. The molecule has 0 spiro atoms. The average Bonchev–Trinajstić information content (AvgIpc) is 3.12. The summed E-state index contributed by atoms with van der Waals surface area (Å²) in [6, 6.07) is 6.08. The van der Waals surface area contributed by atoms with Crippen LogP contribution in [0.1, 0.15) is 22.6 Å². The topological polar surface area (TPSA) is 58.4 Å². The normalized spacial score (nSPS) is 18.7. The van der Waals surface area contributed by atoms with E-state index in [0.717, 1.165) is 19.6 Å². The molecule has 0 saturated carbocycles. The van der Waals surface area contributed by atoms with Crippen LogP contribution in [-0.2, 0) is 16.9 Å². The molecule has 1 N–H and O–H groups in total. The lowest BCUT2D eigenvalue weighted by Gasteiger charge is -2.38. The maximum absolute atomic E-state index is 11.8. The molecule has 1 aliphatic heterocycles. The highest BCUT2D eigenvalue weighted by molar-refractivity contribution is 7.11. The second kappa shape index (κ2) is 5.61. The molecule has 1 aliphatic rings. The Labute approximate surface area is 127 Å². The third-order valence-electron chi connectivity index (χ3n) is 4.20. The number of nitrogens with zero attached hydrogens (tertiary/aromatic N) is 3. The first-order valence-corrected chi connectivity index (χ1v) is 7.93. The zero-order valence-corrected chi connectivity index (χ0v) is 12.8. The van der Waals surface area contributed by atoms with Crippen molar-refractivity contribution < 1.29 is 9.90 Å². The Kier molecular flexibility index (Phi) is 3.82. The minimum Gasteiger partial charge on any atom is -0.479 e. The lowest BCUT2D eigenvalue weighted by Crippen LogP contribution is -2.51. The molecule has 0 bridgehead atoms. The summed E-state index contributed by atoms with van der Waals surface area (Å²) in [5.41, 5.74) is -0.884. The van der Waals surface area contributed by atoms with Gasteiger partial charge < -0.3 is 5.11 Å². The highest BCUT2D eigenvalue weighted by Gasteiger charge is 2.43. The summed E-state index contributed by atoms with van der Waals surface area (Å²) >= 11 is 1.81. The summed E-state index contributed by atoms with van der Waals surface area (Å²) in [5, 5.41) is 13.8. The second-order valence-corrected chi connectivity index (χ2v) is 6.95. The van der Waals surface area contributed by atoms with E-state index in [0.29, 0.717) is 12.8 Å². The van der Waals surface area contributed by atoms with Gasteiger partial charge in [-0.1, -0.05) is 0 Å². The average molecular weight is 305 g/mol. The molecule has 2 aromatic rings. The molecule has 1 fully saturated rings. The highest BCUT2D eigenvalue weighted by atomic mass is 32.1. The van der Waals surface area contributed by atoms with Gasteiger partial charge in [0.2, 0.25) is 0 Å². The molecule has 0 aliphatic carbocycles. The Morgan fingerprint density at radius 1 is 1.43 bits per heavy atom. The SMILES string of the molecule is Cc1ccc(CN2CCC(C(=O)O)(n3cccn3)CC2)s1. The Morgan fingerprint density at radius 2 is 2.19 bits per heavy atom. The number of rotatable bonds is 4. The van der Waals surface area contributed by atoms with Crippen LogP contribution >= 0.6 is 11.3 Å². The molecule has 0 unspecified atom stereocenters. The number of aromatic nitrogens is 2. The third-order valence-corrected chi connectivity index (χ3v) is 5.19. The fourth-order valence-electron chi connectivity index (χ4n) is 2.93. The van der Waals surface area contributed by atoms with E-state index >= 15 is 0 Å². The van der Waals surface area contributed by atoms with E-state index in [-0.39, 0.29) is 0 Å². The number of hydrogen-bond acceptors (Lipinski definition) is 4. The van der Waals surface area contributed by atoms with Gasteiger partial charge in [-0.3, -0.25) is 9.58 Å². The summed E-state index contributed by atoms with van der Waals surface area (Å²) in [6.45, 7) is 4.58. The first-order chi connectivity index (χ1) is 10.1. The van der Waals surface area contributed by atoms with Crippen molar-refractivity contribution in [2.45, 2.75) is 31.8 Å². The van der Waals surface area contributed by atoms with Crippen LogP contribution < -0.4 is 0 Å². The predicted molar refractivity (Wildman–Crippen MR) is 81.4 cm³/mol. The van der Waals surface area contributed by atoms with E-state index < -0.39 is 11.5 Å². The van der Waals surface area contributed by atoms with Crippen molar-refractivity contribution in [2.24, 2.45) is 0 Å². The van der Waals surface area contributed by atoms with Crippen LogP contribution in [0.5, 0.6) is 0 Å². The molecule has 21 heavy (non-hydrogen) atoms. The number of aliphatic carboxylic acids is 1. The van der Waals surface area contributed by atoms with Crippen molar-refractivity contribution in [1.82, 2.24) is 14.7 Å². The Balaban J connectivity index is 1.69. The first-order valence-electron chi connectivity index (χ1n) is 7.11. The molecule has 6 heteroatoms. The maximum Gasteiger partial charge on any atom is 0.331 e. The number of piperidine rings is 1. The van der Waals surface area contributed by atoms with E-state index in [9.17, 15) is 9.90 Å². The first kappa shape index (κ1) is 14.3. The van der Waals surface area contributed by atoms with Crippen LogP contribution in [0, 0.1) is 6.92 Å². The Bertz CT molecular complexity index is 613. The smallest absolute Gasteiger partial charge is 0.331 e. The Hall–Kier alpha value is -1.66. The van der Waals surface area contributed by atoms with Crippen LogP contribution in [0.25, 0.3) is 0 Å². The summed E-state index contributed by atoms with van der Waals surface area (Å²) in [7, 11) is 0. The summed E-state index contributed by atoms with van der Waals surface area (Å²) in [6.07, 6.45) is 4.58. The number of likely N-dealkylation sites (tertiary alicyclic amines) is 1. The minimum absolute atomic E-state index is 0.592. The monoisotopic (exact) mass is 305 g/mol. The van der Waals surface area contributed by atoms with Gasteiger partial charge in [0.05, 0.1) is 0 Å².